The number of methoxy groups -OCH3 is 2. The van der Waals surface area contributed by atoms with Crippen molar-refractivity contribution in [1.29, 1.82) is 0 Å². The maximum absolute atomic E-state index is 12.8. The largest absolute Gasteiger partial charge is 0.497 e. The molecule has 0 unspecified atom stereocenters. The number of nitrogens with one attached hydrogen (secondary N) is 1. The number of ether oxygens (including phenoxy) is 2. The quantitative estimate of drug-likeness (QED) is 0.904. The van der Waals surface area contributed by atoms with Crippen LogP contribution in [0.25, 0.3) is 0 Å². The summed E-state index contributed by atoms with van der Waals surface area (Å²) in [5.41, 5.74) is 2.90. The van der Waals surface area contributed by atoms with Crippen molar-refractivity contribution in [2.45, 2.75) is 56.5 Å². The van der Waals surface area contributed by atoms with E-state index in [0.717, 1.165) is 47.6 Å². The molecule has 1 aromatic rings. The second kappa shape index (κ2) is 7.14. The zero-order valence-electron chi connectivity index (χ0n) is 15.5. The van der Waals surface area contributed by atoms with Crippen LogP contribution in [0.15, 0.2) is 34.5 Å². The van der Waals surface area contributed by atoms with Crippen LogP contribution < -0.4 is 14.8 Å². The summed E-state index contributed by atoms with van der Waals surface area (Å²) in [7, 11) is 3.31. The molecular weight excluding hydrogens is 328 g/mol. The highest BCUT2D eigenvalue weighted by Gasteiger charge is 2.34. The zero-order chi connectivity index (χ0) is 18.1. The minimum Gasteiger partial charge on any atom is -0.497 e. The molecule has 1 aliphatic heterocycles. The fourth-order valence-corrected chi connectivity index (χ4v) is 4.44. The van der Waals surface area contributed by atoms with Crippen molar-refractivity contribution >= 4 is 12.0 Å². The first-order valence-corrected chi connectivity index (χ1v) is 9.47. The number of aliphatic imine (C=N–C) groups is 1. The number of ketones is 1. The smallest absolute Gasteiger partial charge is 0.166 e. The van der Waals surface area contributed by atoms with Gasteiger partial charge in [0.2, 0.25) is 0 Å². The molecular formula is C21H26N2O3. The van der Waals surface area contributed by atoms with Crippen molar-refractivity contribution < 1.29 is 14.3 Å². The van der Waals surface area contributed by atoms with Crippen molar-refractivity contribution in [3.8, 4) is 11.5 Å². The third-order valence-electron chi connectivity index (χ3n) is 5.87. The van der Waals surface area contributed by atoms with Crippen molar-refractivity contribution in [2.75, 3.05) is 14.2 Å². The Balaban J connectivity index is 1.63. The van der Waals surface area contributed by atoms with Gasteiger partial charge >= 0.3 is 0 Å². The lowest BCUT2D eigenvalue weighted by atomic mass is 9.81. The lowest BCUT2D eigenvalue weighted by molar-refractivity contribution is -0.115. The Hall–Kier alpha value is -2.30. The van der Waals surface area contributed by atoms with Crippen LogP contribution in [0.1, 0.15) is 50.0 Å². The molecule has 0 spiro atoms. The molecule has 1 heterocycles. The number of Topliss-reactive ketones (excluding diaryl/α,β-unsaturated/α-hetero) is 1. The molecule has 3 aliphatic rings. The van der Waals surface area contributed by atoms with Gasteiger partial charge in [0.1, 0.15) is 11.5 Å². The average Bonchev–Trinajstić information content (AvgIpc) is 2.86. The van der Waals surface area contributed by atoms with Gasteiger partial charge in [0.25, 0.3) is 0 Å². The Kier molecular flexibility index (Phi) is 4.70. The van der Waals surface area contributed by atoms with E-state index < -0.39 is 0 Å². The summed E-state index contributed by atoms with van der Waals surface area (Å²) < 4.78 is 10.9. The van der Waals surface area contributed by atoms with Gasteiger partial charge in [0.05, 0.1) is 25.8 Å². The number of rotatable bonds is 3. The van der Waals surface area contributed by atoms with Gasteiger partial charge in [-0.1, -0.05) is 18.9 Å². The average molecular weight is 354 g/mol. The molecule has 0 bridgehead atoms. The predicted molar refractivity (Wildman–Crippen MR) is 101 cm³/mol. The molecule has 0 saturated heterocycles. The molecule has 1 N–H and O–H groups in total. The summed E-state index contributed by atoms with van der Waals surface area (Å²) >= 11 is 0. The third kappa shape index (κ3) is 3.11. The molecule has 1 aromatic carbocycles. The topological polar surface area (TPSA) is 59.9 Å². The van der Waals surface area contributed by atoms with Gasteiger partial charge in [-0.15, -0.1) is 0 Å². The Bertz CT molecular complexity index is 769. The van der Waals surface area contributed by atoms with Crippen LogP contribution in [-0.4, -0.2) is 38.3 Å². The standard InChI is InChI=1S/C21H26N2O3/c1-25-14-7-8-15(21(11-14)26-2)13-9-19-16(20(24)10-13)12-22-17-5-3-4-6-18(17)23-19/h7-8,11-13,17-18,23H,3-6,9-10H2,1-2H3/t13-,17+,18+/m0/s1. The Morgan fingerprint density at radius 1 is 1.12 bits per heavy atom. The van der Waals surface area contributed by atoms with Crippen molar-refractivity contribution in [2.24, 2.45) is 4.99 Å². The van der Waals surface area contributed by atoms with E-state index >= 15 is 0 Å². The summed E-state index contributed by atoms with van der Waals surface area (Å²) in [5.74, 6) is 1.83. The molecule has 0 radical (unpaired) electrons. The summed E-state index contributed by atoms with van der Waals surface area (Å²) in [6, 6.07) is 6.51. The second-order valence-corrected chi connectivity index (χ2v) is 7.41. The van der Waals surface area contributed by atoms with Gasteiger partial charge in [-0.3, -0.25) is 9.79 Å². The second-order valence-electron chi connectivity index (χ2n) is 7.41. The number of benzene rings is 1. The molecule has 2 aliphatic carbocycles. The number of hydrogen-bond donors (Lipinski definition) is 1. The number of fused-ring (bicyclic) bond motifs is 1. The van der Waals surface area contributed by atoms with Gasteiger partial charge in [-0.25, -0.2) is 0 Å². The van der Waals surface area contributed by atoms with Crippen molar-refractivity contribution in [1.82, 2.24) is 5.32 Å². The monoisotopic (exact) mass is 354 g/mol. The fourth-order valence-electron chi connectivity index (χ4n) is 4.44. The molecule has 26 heavy (non-hydrogen) atoms. The van der Waals surface area contributed by atoms with Crippen molar-refractivity contribution in [3.05, 3.63) is 35.0 Å². The Morgan fingerprint density at radius 3 is 2.77 bits per heavy atom. The van der Waals surface area contributed by atoms with E-state index in [0.29, 0.717) is 18.5 Å². The summed E-state index contributed by atoms with van der Waals surface area (Å²) in [5, 5.41) is 3.68. The highest BCUT2D eigenvalue weighted by Crippen LogP contribution is 2.40. The number of hydrogen-bond acceptors (Lipinski definition) is 5. The SMILES string of the molecule is COc1ccc([C@@H]2CC(=O)C3=C(C2)N[C@@H]2CCCC[C@H]2N=C3)c(OC)c1. The van der Waals surface area contributed by atoms with Crippen LogP contribution in [0.3, 0.4) is 0 Å². The summed E-state index contributed by atoms with van der Waals surface area (Å²) in [4.78, 5) is 17.6. The summed E-state index contributed by atoms with van der Waals surface area (Å²) in [6.45, 7) is 0. The maximum Gasteiger partial charge on any atom is 0.166 e. The molecule has 0 aromatic heterocycles. The Labute approximate surface area is 154 Å². The lowest BCUT2D eigenvalue weighted by Gasteiger charge is -2.32. The van der Waals surface area contributed by atoms with Crippen LogP contribution in [-0.2, 0) is 4.79 Å². The van der Waals surface area contributed by atoms with E-state index in [1.165, 1.54) is 12.8 Å². The molecule has 0 amide bonds. The molecule has 138 valence electrons. The van der Waals surface area contributed by atoms with E-state index in [1.807, 2.05) is 24.4 Å². The zero-order valence-corrected chi connectivity index (χ0v) is 15.5. The van der Waals surface area contributed by atoms with Crippen molar-refractivity contribution in [3.63, 3.8) is 0 Å². The first-order valence-electron chi connectivity index (χ1n) is 9.47. The number of carbonyl (C=O) groups excluding carboxylic acids is 1. The Morgan fingerprint density at radius 2 is 1.96 bits per heavy atom. The van der Waals surface area contributed by atoms with Gasteiger partial charge in [0.15, 0.2) is 5.78 Å². The predicted octanol–water partition coefficient (Wildman–Crippen LogP) is 3.39. The number of allylic oxidation sites excluding steroid dienone is 2. The van der Waals surface area contributed by atoms with Gasteiger partial charge in [0, 0.05) is 36.4 Å². The molecule has 5 nitrogen and oxygen atoms in total. The minimum absolute atomic E-state index is 0.114. The molecule has 1 fully saturated rings. The van der Waals surface area contributed by atoms with E-state index in [2.05, 4.69) is 5.32 Å². The first kappa shape index (κ1) is 17.1. The number of carbonyl (C=O) groups is 1. The van der Waals surface area contributed by atoms with Crippen LogP contribution in [0.5, 0.6) is 11.5 Å². The molecule has 3 atom stereocenters. The van der Waals surface area contributed by atoms with E-state index in [1.54, 1.807) is 14.2 Å². The summed E-state index contributed by atoms with van der Waals surface area (Å²) in [6.07, 6.45) is 7.84. The van der Waals surface area contributed by atoms with Crippen LogP contribution in [0.4, 0.5) is 0 Å². The van der Waals surface area contributed by atoms with Crippen LogP contribution in [0, 0.1) is 0 Å². The fraction of sp³-hybridized carbons (Fsp3) is 0.524. The van der Waals surface area contributed by atoms with Gasteiger partial charge < -0.3 is 14.8 Å². The molecule has 1 saturated carbocycles. The van der Waals surface area contributed by atoms with Crippen LogP contribution in [0.2, 0.25) is 0 Å². The maximum atomic E-state index is 12.8. The van der Waals surface area contributed by atoms with Gasteiger partial charge in [-0.05, 0) is 30.9 Å². The number of nitrogens with zero attached hydrogens (tertiary/aromatic N) is 1. The first-order chi connectivity index (χ1) is 12.7. The van der Waals surface area contributed by atoms with E-state index in [9.17, 15) is 4.79 Å². The van der Waals surface area contributed by atoms with E-state index in [4.69, 9.17) is 14.5 Å². The molecule has 5 heteroatoms. The van der Waals surface area contributed by atoms with Gasteiger partial charge in [-0.2, -0.15) is 0 Å². The van der Waals surface area contributed by atoms with Crippen LogP contribution >= 0.6 is 0 Å². The third-order valence-corrected chi connectivity index (χ3v) is 5.87. The molecule has 4 rings (SSSR count). The highest BCUT2D eigenvalue weighted by molar-refractivity contribution is 6.15. The lowest BCUT2D eigenvalue weighted by Crippen LogP contribution is -2.41. The minimum atomic E-state index is 0.114. The van der Waals surface area contributed by atoms with E-state index in [-0.39, 0.29) is 11.7 Å². The normalized spacial score (nSPS) is 27.9. The highest BCUT2D eigenvalue weighted by atomic mass is 16.5.